The van der Waals surface area contributed by atoms with E-state index in [1.165, 1.54) is 0 Å². The number of nitrogens with one attached hydrogen (secondary N) is 1. The molecule has 0 saturated carbocycles. The number of aromatic nitrogens is 5. The van der Waals surface area contributed by atoms with Gasteiger partial charge in [0.25, 0.3) is 5.56 Å². The van der Waals surface area contributed by atoms with Gasteiger partial charge >= 0.3 is 0 Å². The lowest BCUT2D eigenvalue weighted by atomic mass is 10.2. The first-order valence-corrected chi connectivity index (χ1v) is 9.73. The second-order valence-corrected chi connectivity index (χ2v) is 7.13. The Hall–Kier alpha value is -4.00. The molecular formula is C23H20N6O. The van der Waals surface area contributed by atoms with Crippen LogP contribution in [-0.4, -0.2) is 24.1 Å². The average molecular weight is 396 g/mol. The van der Waals surface area contributed by atoms with Gasteiger partial charge in [-0.05, 0) is 23.8 Å². The summed E-state index contributed by atoms with van der Waals surface area (Å²) in [5.74, 6) is 1.14. The number of rotatable bonds is 5. The number of fused-ring (bicyclic) bond motifs is 2. The molecule has 3 aromatic heterocycles. The largest absolute Gasteiger partial charge is 0.358 e. The van der Waals surface area contributed by atoms with Crippen molar-refractivity contribution in [2.45, 2.75) is 13.1 Å². The van der Waals surface area contributed by atoms with Gasteiger partial charge in [-0.25, -0.2) is 9.97 Å². The zero-order valence-electron chi connectivity index (χ0n) is 16.5. The van der Waals surface area contributed by atoms with Crippen LogP contribution in [0.4, 0.5) is 5.82 Å². The van der Waals surface area contributed by atoms with Crippen LogP contribution in [0.1, 0.15) is 11.4 Å². The number of pyridine rings is 1. The van der Waals surface area contributed by atoms with Crippen LogP contribution in [-0.2, 0) is 20.1 Å². The van der Waals surface area contributed by atoms with Crippen LogP contribution in [0.2, 0.25) is 0 Å². The standard InChI is InChI=1S/C23H20N6O/c1-28-19-10-6-5-9-17(19)26-21(28)14-25-22-23(30)29(15-16-7-3-2-4-8-16)20-13-24-12-11-18(20)27-22/h2-13H,14-15H2,1H3,(H,25,27). The van der Waals surface area contributed by atoms with Gasteiger partial charge in [0.15, 0.2) is 5.82 Å². The number of para-hydroxylation sites is 2. The van der Waals surface area contributed by atoms with Gasteiger partial charge in [0, 0.05) is 13.2 Å². The summed E-state index contributed by atoms with van der Waals surface area (Å²) in [6, 6.07) is 19.7. The van der Waals surface area contributed by atoms with Crippen LogP contribution in [0, 0.1) is 0 Å². The van der Waals surface area contributed by atoms with Crippen LogP contribution >= 0.6 is 0 Å². The van der Waals surface area contributed by atoms with Crippen molar-refractivity contribution in [1.29, 1.82) is 0 Å². The summed E-state index contributed by atoms with van der Waals surface area (Å²) >= 11 is 0. The Bertz CT molecular complexity index is 1400. The predicted octanol–water partition coefficient (Wildman–Crippen LogP) is 3.34. The van der Waals surface area contributed by atoms with Crippen molar-refractivity contribution in [2.24, 2.45) is 7.05 Å². The van der Waals surface area contributed by atoms with E-state index in [2.05, 4.69) is 20.3 Å². The lowest BCUT2D eigenvalue weighted by Gasteiger charge is -2.13. The van der Waals surface area contributed by atoms with Crippen molar-refractivity contribution >= 4 is 27.9 Å². The van der Waals surface area contributed by atoms with Crippen molar-refractivity contribution in [3.05, 3.63) is 94.8 Å². The molecule has 0 spiro atoms. The maximum atomic E-state index is 13.2. The molecule has 7 heteroatoms. The molecule has 0 fully saturated rings. The average Bonchev–Trinajstić information content (AvgIpc) is 3.11. The predicted molar refractivity (Wildman–Crippen MR) is 117 cm³/mol. The Labute approximate surface area is 172 Å². The molecule has 148 valence electrons. The molecule has 0 aliphatic rings. The van der Waals surface area contributed by atoms with E-state index in [1.807, 2.05) is 72.3 Å². The maximum Gasteiger partial charge on any atom is 0.294 e. The molecule has 30 heavy (non-hydrogen) atoms. The summed E-state index contributed by atoms with van der Waals surface area (Å²) in [6.07, 6.45) is 3.36. The molecule has 7 nitrogen and oxygen atoms in total. The highest BCUT2D eigenvalue weighted by Crippen LogP contribution is 2.16. The lowest BCUT2D eigenvalue weighted by molar-refractivity contribution is 0.779. The number of benzene rings is 2. The van der Waals surface area contributed by atoms with E-state index in [9.17, 15) is 4.79 Å². The number of hydrogen-bond donors (Lipinski definition) is 1. The molecular weight excluding hydrogens is 376 g/mol. The lowest BCUT2D eigenvalue weighted by Crippen LogP contribution is -2.26. The smallest absolute Gasteiger partial charge is 0.294 e. The fraction of sp³-hybridized carbons (Fsp3) is 0.130. The van der Waals surface area contributed by atoms with Gasteiger partial charge in [0.05, 0.1) is 41.4 Å². The fourth-order valence-electron chi connectivity index (χ4n) is 3.64. The number of aryl methyl sites for hydroxylation is 1. The minimum Gasteiger partial charge on any atom is -0.358 e. The Balaban J connectivity index is 1.53. The zero-order valence-corrected chi connectivity index (χ0v) is 16.5. The fourth-order valence-corrected chi connectivity index (χ4v) is 3.64. The monoisotopic (exact) mass is 396 g/mol. The molecule has 0 amide bonds. The SMILES string of the molecule is Cn1c(CNc2nc3ccncc3n(Cc3ccccc3)c2=O)nc2ccccc21. The molecule has 0 unspecified atom stereocenters. The Morgan fingerprint density at radius 3 is 2.50 bits per heavy atom. The van der Waals surface area contributed by atoms with Gasteiger partial charge in [-0.1, -0.05) is 42.5 Å². The highest BCUT2D eigenvalue weighted by atomic mass is 16.1. The van der Waals surface area contributed by atoms with E-state index in [1.54, 1.807) is 17.0 Å². The minimum absolute atomic E-state index is 0.182. The van der Waals surface area contributed by atoms with Crippen molar-refractivity contribution < 1.29 is 0 Å². The van der Waals surface area contributed by atoms with Crippen LogP contribution < -0.4 is 10.9 Å². The summed E-state index contributed by atoms with van der Waals surface area (Å²) in [5, 5.41) is 3.20. The second kappa shape index (κ2) is 7.44. The molecule has 5 aromatic rings. The van der Waals surface area contributed by atoms with Crippen molar-refractivity contribution in [3.63, 3.8) is 0 Å². The van der Waals surface area contributed by atoms with Crippen molar-refractivity contribution in [3.8, 4) is 0 Å². The molecule has 1 N–H and O–H groups in total. The number of anilines is 1. The van der Waals surface area contributed by atoms with Gasteiger partial charge in [0.1, 0.15) is 5.82 Å². The summed E-state index contributed by atoms with van der Waals surface area (Å²) < 4.78 is 3.73. The molecule has 0 aliphatic heterocycles. The molecule has 0 bridgehead atoms. The highest BCUT2D eigenvalue weighted by molar-refractivity contribution is 5.76. The third kappa shape index (κ3) is 3.20. The topological polar surface area (TPSA) is 77.6 Å². The van der Waals surface area contributed by atoms with Crippen molar-refractivity contribution in [1.82, 2.24) is 24.1 Å². The number of nitrogens with zero attached hydrogens (tertiary/aromatic N) is 5. The van der Waals surface area contributed by atoms with Crippen LogP contribution in [0.5, 0.6) is 0 Å². The molecule has 5 rings (SSSR count). The molecule has 2 aromatic carbocycles. The molecule has 3 heterocycles. The summed E-state index contributed by atoms with van der Waals surface area (Å²) in [5.41, 5.74) is 4.26. The molecule has 0 aliphatic carbocycles. The van der Waals surface area contributed by atoms with E-state index in [0.717, 1.165) is 22.4 Å². The second-order valence-electron chi connectivity index (χ2n) is 7.13. The molecule has 0 atom stereocenters. The van der Waals surface area contributed by atoms with E-state index < -0.39 is 0 Å². The van der Waals surface area contributed by atoms with Crippen LogP contribution in [0.3, 0.4) is 0 Å². The zero-order chi connectivity index (χ0) is 20.5. The van der Waals surface area contributed by atoms with Gasteiger partial charge in [-0.3, -0.25) is 14.3 Å². The summed E-state index contributed by atoms with van der Waals surface area (Å²) in [4.78, 5) is 26.6. The normalized spacial score (nSPS) is 11.2. The molecule has 0 radical (unpaired) electrons. The Morgan fingerprint density at radius 1 is 0.900 bits per heavy atom. The first kappa shape index (κ1) is 18.1. The summed E-state index contributed by atoms with van der Waals surface area (Å²) in [7, 11) is 1.97. The van der Waals surface area contributed by atoms with Gasteiger partial charge in [0.2, 0.25) is 0 Å². The van der Waals surface area contributed by atoms with Crippen LogP contribution in [0.15, 0.2) is 77.9 Å². The van der Waals surface area contributed by atoms with E-state index in [4.69, 9.17) is 0 Å². The van der Waals surface area contributed by atoms with Gasteiger partial charge in [-0.2, -0.15) is 0 Å². The Morgan fingerprint density at radius 2 is 1.67 bits per heavy atom. The third-order valence-corrected chi connectivity index (χ3v) is 5.23. The number of hydrogen-bond acceptors (Lipinski definition) is 5. The first-order valence-electron chi connectivity index (χ1n) is 9.73. The maximum absolute atomic E-state index is 13.2. The van der Waals surface area contributed by atoms with Crippen molar-refractivity contribution in [2.75, 3.05) is 5.32 Å². The first-order chi connectivity index (χ1) is 14.7. The van der Waals surface area contributed by atoms with E-state index >= 15 is 0 Å². The van der Waals surface area contributed by atoms with Gasteiger partial charge < -0.3 is 9.88 Å². The van der Waals surface area contributed by atoms with Crippen LogP contribution in [0.25, 0.3) is 22.1 Å². The summed E-state index contributed by atoms with van der Waals surface area (Å²) in [6.45, 7) is 0.848. The number of imidazole rings is 1. The minimum atomic E-state index is -0.182. The van der Waals surface area contributed by atoms with E-state index in [-0.39, 0.29) is 5.56 Å². The third-order valence-electron chi connectivity index (χ3n) is 5.23. The highest BCUT2D eigenvalue weighted by Gasteiger charge is 2.13. The quantitative estimate of drug-likeness (QED) is 0.493. The van der Waals surface area contributed by atoms with E-state index in [0.29, 0.717) is 29.9 Å². The molecule has 0 saturated heterocycles. The Kier molecular flexibility index (Phi) is 4.48. The van der Waals surface area contributed by atoms with Gasteiger partial charge in [-0.15, -0.1) is 0 Å².